The van der Waals surface area contributed by atoms with E-state index in [1.165, 1.54) is 5.56 Å². The largest absolute Gasteiger partial charge is 0.497 e. The van der Waals surface area contributed by atoms with Gasteiger partial charge in [0.15, 0.2) is 0 Å². The van der Waals surface area contributed by atoms with Gasteiger partial charge < -0.3 is 9.47 Å². The van der Waals surface area contributed by atoms with Gasteiger partial charge in [-0.05, 0) is 53.9 Å². The van der Waals surface area contributed by atoms with E-state index in [4.69, 9.17) is 9.47 Å². The first-order valence-electron chi connectivity index (χ1n) is 11.2. The molecule has 0 bridgehead atoms. The van der Waals surface area contributed by atoms with E-state index < -0.39 is 0 Å². The van der Waals surface area contributed by atoms with E-state index in [1.54, 1.807) is 7.11 Å². The predicted molar refractivity (Wildman–Crippen MR) is 128 cm³/mol. The third-order valence-electron chi connectivity index (χ3n) is 6.55. The summed E-state index contributed by atoms with van der Waals surface area (Å²) < 4.78 is 12.9. The van der Waals surface area contributed by atoms with E-state index >= 15 is 0 Å². The van der Waals surface area contributed by atoms with Crippen LogP contribution in [0.5, 0.6) is 5.75 Å². The van der Waals surface area contributed by atoms with Crippen molar-refractivity contribution in [1.82, 2.24) is 9.47 Å². The first-order chi connectivity index (χ1) is 15.7. The van der Waals surface area contributed by atoms with Gasteiger partial charge in [0.05, 0.1) is 25.8 Å². The fourth-order valence-electron chi connectivity index (χ4n) is 4.79. The van der Waals surface area contributed by atoms with Crippen LogP contribution in [-0.4, -0.2) is 55.3 Å². The smallest absolute Gasteiger partial charge is 0.263 e. The van der Waals surface area contributed by atoms with Crippen molar-refractivity contribution in [3.63, 3.8) is 0 Å². The van der Waals surface area contributed by atoms with Gasteiger partial charge in [-0.3, -0.25) is 14.3 Å². The molecule has 1 saturated heterocycles. The van der Waals surface area contributed by atoms with E-state index in [9.17, 15) is 4.79 Å². The highest BCUT2D eigenvalue weighted by Crippen LogP contribution is 2.32. The zero-order valence-electron chi connectivity index (χ0n) is 18.6. The van der Waals surface area contributed by atoms with Crippen molar-refractivity contribution in [3.05, 3.63) is 77.5 Å². The molecule has 5 nitrogen and oxygen atoms in total. The maximum Gasteiger partial charge on any atom is 0.263 e. The van der Waals surface area contributed by atoms with Gasteiger partial charge in [-0.2, -0.15) is 0 Å². The minimum Gasteiger partial charge on any atom is -0.497 e. The number of hydrogen-bond acceptors (Lipinski definition) is 4. The lowest BCUT2D eigenvalue weighted by Gasteiger charge is -2.26. The zero-order valence-corrected chi connectivity index (χ0v) is 18.6. The molecule has 32 heavy (non-hydrogen) atoms. The first-order valence-corrected chi connectivity index (χ1v) is 11.2. The third kappa shape index (κ3) is 3.68. The van der Waals surface area contributed by atoms with E-state index in [-0.39, 0.29) is 5.91 Å². The van der Waals surface area contributed by atoms with E-state index in [0.717, 1.165) is 78.0 Å². The number of morpholine rings is 1. The van der Waals surface area contributed by atoms with Gasteiger partial charge in [0, 0.05) is 36.3 Å². The van der Waals surface area contributed by atoms with Crippen molar-refractivity contribution in [2.75, 3.05) is 40.0 Å². The number of nitrogens with zero attached hydrogens (tertiary/aromatic N) is 2. The summed E-state index contributed by atoms with van der Waals surface area (Å²) in [5.74, 6) is 0.812. The van der Waals surface area contributed by atoms with Gasteiger partial charge in [-0.15, -0.1) is 0 Å². The number of ether oxygens (including phenoxy) is 2. The van der Waals surface area contributed by atoms with E-state index in [2.05, 4.69) is 17.9 Å². The van der Waals surface area contributed by atoms with Crippen LogP contribution in [-0.2, 0) is 11.2 Å². The molecule has 0 spiro atoms. The van der Waals surface area contributed by atoms with Gasteiger partial charge >= 0.3 is 0 Å². The Morgan fingerprint density at radius 3 is 2.59 bits per heavy atom. The van der Waals surface area contributed by atoms with Gasteiger partial charge in [-0.25, -0.2) is 0 Å². The minimum absolute atomic E-state index is 0.00656. The second-order valence-electron chi connectivity index (χ2n) is 8.32. The summed E-state index contributed by atoms with van der Waals surface area (Å²) in [5, 5.41) is 3.13. The van der Waals surface area contributed by atoms with Gasteiger partial charge in [0.25, 0.3) is 5.91 Å². The fraction of sp³-hybridized carbons (Fsp3) is 0.296. The summed E-state index contributed by atoms with van der Waals surface area (Å²) in [4.78, 5) is 16.3. The Bertz CT molecular complexity index is 1280. The Morgan fingerprint density at radius 1 is 1.00 bits per heavy atom. The second-order valence-corrected chi connectivity index (χ2v) is 8.32. The number of carbonyl (C=O) groups excluding carboxylic acids is 1. The highest BCUT2D eigenvalue weighted by Gasteiger charge is 2.22. The van der Waals surface area contributed by atoms with Crippen LogP contribution in [0.3, 0.4) is 0 Å². The number of aromatic nitrogens is 1. The van der Waals surface area contributed by atoms with Gasteiger partial charge in [0.2, 0.25) is 0 Å². The molecule has 0 amide bonds. The molecule has 2 heterocycles. The molecule has 4 aromatic rings. The molecule has 0 atom stereocenters. The quantitative estimate of drug-likeness (QED) is 0.463. The Balaban J connectivity index is 1.60. The van der Waals surface area contributed by atoms with Crippen molar-refractivity contribution >= 4 is 27.6 Å². The predicted octanol–water partition coefficient (Wildman–Crippen LogP) is 4.67. The molecule has 3 aromatic carbocycles. The maximum absolute atomic E-state index is 13.9. The summed E-state index contributed by atoms with van der Waals surface area (Å²) >= 11 is 0. The van der Waals surface area contributed by atoms with Gasteiger partial charge in [0.1, 0.15) is 5.75 Å². The molecule has 1 aromatic heterocycles. The SMILES string of the molecule is COc1ccc2c(c1)c(CCN1CCOCC1)c(C)n2C(=O)c1cccc2ccccc12. The van der Waals surface area contributed by atoms with Crippen LogP contribution >= 0.6 is 0 Å². The van der Waals surface area contributed by atoms with Crippen LogP contribution in [0.2, 0.25) is 0 Å². The highest BCUT2D eigenvalue weighted by atomic mass is 16.5. The number of fused-ring (bicyclic) bond motifs is 2. The van der Waals surface area contributed by atoms with Crippen molar-refractivity contribution in [2.24, 2.45) is 0 Å². The average Bonchev–Trinajstić information content (AvgIpc) is 3.12. The lowest BCUT2D eigenvalue weighted by atomic mass is 10.0. The van der Waals surface area contributed by atoms with Crippen LogP contribution in [0.1, 0.15) is 21.6 Å². The second kappa shape index (κ2) is 8.77. The molecule has 5 rings (SSSR count). The molecule has 0 aliphatic carbocycles. The lowest BCUT2D eigenvalue weighted by Crippen LogP contribution is -2.37. The minimum atomic E-state index is 0.00656. The zero-order chi connectivity index (χ0) is 22.1. The summed E-state index contributed by atoms with van der Waals surface area (Å²) in [5.41, 5.74) is 3.86. The molecule has 0 saturated carbocycles. The molecule has 0 radical (unpaired) electrons. The molecular formula is C27H28N2O3. The van der Waals surface area contributed by atoms with Crippen molar-refractivity contribution in [1.29, 1.82) is 0 Å². The molecule has 1 fully saturated rings. The number of carbonyl (C=O) groups is 1. The van der Waals surface area contributed by atoms with Crippen molar-refractivity contribution < 1.29 is 14.3 Å². The summed E-state index contributed by atoms with van der Waals surface area (Å²) in [6.45, 7) is 6.49. The molecule has 164 valence electrons. The molecule has 0 N–H and O–H groups in total. The normalized spacial score (nSPS) is 14.8. The highest BCUT2D eigenvalue weighted by molar-refractivity contribution is 6.11. The summed E-state index contributed by atoms with van der Waals surface area (Å²) in [6, 6.07) is 20.0. The number of benzene rings is 3. The Labute approximate surface area is 188 Å². The lowest BCUT2D eigenvalue weighted by molar-refractivity contribution is 0.0384. The van der Waals surface area contributed by atoms with Crippen LogP contribution < -0.4 is 4.74 Å². The van der Waals surface area contributed by atoms with E-state index in [1.807, 2.05) is 59.2 Å². The van der Waals surface area contributed by atoms with Gasteiger partial charge in [-0.1, -0.05) is 36.4 Å². The van der Waals surface area contributed by atoms with Crippen molar-refractivity contribution in [3.8, 4) is 5.75 Å². The Morgan fingerprint density at radius 2 is 1.78 bits per heavy atom. The topological polar surface area (TPSA) is 43.7 Å². The molecule has 5 heteroatoms. The monoisotopic (exact) mass is 428 g/mol. The average molecular weight is 429 g/mol. The molecule has 0 unspecified atom stereocenters. The molecule has 1 aliphatic heterocycles. The summed E-state index contributed by atoms with van der Waals surface area (Å²) in [6.07, 6.45) is 0.880. The van der Waals surface area contributed by atoms with Crippen LogP contribution in [0.25, 0.3) is 21.7 Å². The summed E-state index contributed by atoms with van der Waals surface area (Å²) in [7, 11) is 1.68. The fourth-order valence-corrected chi connectivity index (χ4v) is 4.79. The Kier molecular flexibility index (Phi) is 5.68. The molecule has 1 aliphatic rings. The first kappa shape index (κ1) is 20.7. The van der Waals surface area contributed by atoms with Crippen LogP contribution in [0.15, 0.2) is 60.7 Å². The molecular weight excluding hydrogens is 400 g/mol. The van der Waals surface area contributed by atoms with Crippen LogP contribution in [0, 0.1) is 6.92 Å². The Hall–Kier alpha value is -3.15. The number of hydrogen-bond donors (Lipinski definition) is 0. The third-order valence-corrected chi connectivity index (χ3v) is 6.55. The van der Waals surface area contributed by atoms with E-state index in [0.29, 0.717) is 0 Å². The maximum atomic E-state index is 13.9. The number of methoxy groups -OCH3 is 1. The standard InChI is InChI=1S/C27H28N2O3/c1-19-22(12-13-28-14-16-32-17-15-28)25-18-21(31-2)10-11-26(25)29(19)27(30)24-9-5-7-20-6-3-4-8-23(20)24/h3-11,18H,12-17H2,1-2H3. The number of rotatable bonds is 5. The van der Waals surface area contributed by atoms with Crippen LogP contribution in [0.4, 0.5) is 0 Å². The van der Waals surface area contributed by atoms with Crippen molar-refractivity contribution in [2.45, 2.75) is 13.3 Å².